The highest BCUT2D eigenvalue weighted by atomic mass is 16.7. The summed E-state index contributed by atoms with van der Waals surface area (Å²) < 4.78 is 23.5. The summed E-state index contributed by atoms with van der Waals surface area (Å²) >= 11 is 0. The highest BCUT2D eigenvalue weighted by Crippen LogP contribution is 2.48. The van der Waals surface area contributed by atoms with E-state index in [1.807, 2.05) is 0 Å². The number of aromatic hydroxyl groups is 1. The van der Waals surface area contributed by atoms with E-state index in [1.54, 1.807) is 39.8 Å². The van der Waals surface area contributed by atoms with Gasteiger partial charge in [-0.25, -0.2) is 0 Å². The standard InChI is InChI=1S/C45H62N2O12/c1-11-12-13-14-15-16-21-46-34-35-40(53)32-31(39(34)52)33-42(28(7)38(32)51)59-45(9,43(33)54)57-22-20-30(56-10)25(4)41(58-29(8)48)27(6)37(50)26(5)36(49)23(2)18-17-19-24(3)44(55)47-35/h17-20,22-23,25-27,30,36-37,41,46,49-51H,11-16,21H2,1-10H3,(H,47,55)/t23-,25+,26+,27-,30-,36-,37-,41+,45-/m0/s1. The van der Waals surface area contributed by atoms with Gasteiger partial charge in [-0.3, -0.25) is 24.0 Å². The molecule has 0 saturated carbocycles. The van der Waals surface area contributed by atoms with Gasteiger partial charge in [0.1, 0.15) is 29.0 Å². The predicted octanol–water partition coefficient (Wildman–Crippen LogP) is 5.91. The second kappa shape index (κ2) is 20.0. The normalized spacial score (nSPS) is 29.2. The number of aliphatic hydroxyl groups excluding tert-OH is 2. The molecule has 0 spiro atoms. The summed E-state index contributed by atoms with van der Waals surface area (Å²) in [7, 11) is 1.43. The molecule has 0 radical (unpaired) electrons. The van der Waals surface area contributed by atoms with Gasteiger partial charge in [0, 0.05) is 62.3 Å². The van der Waals surface area contributed by atoms with E-state index in [9.17, 15) is 39.3 Å². The molecule has 3 heterocycles. The second-order valence-electron chi connectivity index (χ2n) is 16.2. The fourth-order valence-corrected chi connectivity index (χ4v) is 7.98. The van der Waals surface area contributed by atoms with E-state index in [-0.39, 0.29) is 46.0 Å². The van der Waals surface area contributed by atoms with Crippen LogP contribution in [0.15, 0.2) is 47.5 Å². The van der Waals surface area contributed by atoms with E-state index in [0.717, 1.165) is 32.1 Å². The predicted molar refractivity (Wildman–Crippen MR) is 220 cm³/mol. The number of amides is 1. The number of nitrogens with one attached hydrogen (secondary N) is 2. The Balaban J connectivity index is 1.86. The van der Waals surface area contributed by atoms with Gasteiger partial charge >= 0.3 is 11.8 Å². The van der Waals surface area contributed by atoms with Gasteiger partial charge in [-0.15, -0.1) is 0 Å². The van der Waals surface area contributed by atoms with Crippen LogP contribution in [0, 0.1) is 30.6 Å². The number of Topliss-reactive ketones (excluding diaryl/α,β-unsaturated/α-hetero) is 3. The van der Waals surface area contributed by atoms with Crippen LogP contribution in [0.4, 0.5) is 0 Å². The maximum Gasteiger partial charge on any atom is 0.312 e. The van der Waals surface area contributed by atoms with Crippen LogP contribution in [0.3, 0.4) is 0 Å². The molecule has 5 rings (SSSR count). The van der Waals surface area contributed by atoms with E-state index in [4.69, 9.17) is 18.9 Å². The van der Waals surface area contributed by atoms with Gasteiger partial charge in [-0.2, -0.15) is 0 Å². The summed E-state index contributed by atoms with van der Waals surface area (Å²) in [6.07, 6.45) is 9.24. The summed E-state index contributed by atoms with van der Waals surface area (Å²) in [5.74, 6) is -9.04. The molecule has 1 aliphatic carbocycles. The minimum absolute atomic E-state index is 0.0103. The number of unbranched alkanes of at least 4 members (excludes halogenated alkanes) is 5. The van der Waals surface area contributed by atoms with Crippen molar-refractivity contribution in [1.82, 2.24) is 10.6 Å². The van der Waals surface area contributed by atoms with Gasteiger partial charge < -0.3 is 44.9 Å². The molecule has 3 aliphatic heterocycles. The van der Waals surface area contributed by atoms with Crippen molar-refractivity contribution >= 4 is 29.2 Å². The number of hydrogen-bond donors (Lipinski definition) is 5. The molecule has 1 amide bonds. The van der Waals surface area contributed by atoms with Crippen molar-refractivity contribution in [2.24, 2.45) is 23.7 Å². The molecule has 5 N–H and O–H groups in total. The van der Waals surface area contributed by atoms with Crippen molar-refractivity contribution in [3.8, 4) is 11.5 Å². The van der Waals surface area contributed by atoms with Gasteiger partial charge in [0.15, 0.2) is 0 Å². The number of aliphatic hydroxyl groups is 2. The highest BCUT2D eigenvalue weighted by molar-refractivity contribution is 6.32. The maximum atomic E-state index is 14.6. The second-order valence-corrected chi connectivity index (χ2v) is 16.2. The molecule has 59 heavy (non-hydrogen) atoms. The molecule has 1 aromatic rings. The number of allylic oxidation sites excluding steroid dienone is 4. The lowest BCUT2D eigenvalue weighted by atomic mass is 9.78. The Bertz CT molecular complexity index is 1910. The lowest BCUT2D eigenvalue weighted by molar-refractivity contribution is -0.160. The number of ether oxygens (including phenoxy) is 4. The SMILES string of the molecule is CCCCCCCCNC1=C2NC(=O)C(C)=CC=C[C@H](C)[C@H](O)[C@@H](C)[C@H](O)[C@H](C)[C@H](OC(C)=O)[C@H](C)[C@@H](OC)C=CO[C@@]3(C)Oc4c(C)c(O)c(c(c4C3=O)C1=O)C2=O. The lowest BCUT2D eigenvalue weighted by Gasteiger charge is -2.38. The topological polar surface area (TPSA) is 207 Å². The van der Waals surface area contributed by atoms with Crippen molar-refractivity contribution in [3.05, 3.63) is 69.8 Å². The lowest BCUT2D eigenvalue weighted by Crippen LogP contribution is -2.46. The third-order valence-electron chi connectivity index (χ3n) is 11.8. The number of esters is 1. The molecule has 0 saturated heterocycles. The molecule has 5 bridgehead atoms. The fourth-order valence-electron chi connectivity index (χ4n) is 7.98. The number of phenols is 1. The largest absolute Gasteiger partial charge is 0.507 e. The number of carbonyl (C=O) groups is 5. The first-order chi connectivity index (χ1) is 27.8. The van der Waals surface area contributed by atoms with Gasteiger partial charge in [0.2, 0.25) is 11.6 Å². The third kappa shape index (κ3) is 9.99. The Hall–Kier alpha value is -4.79. The molecule has 0 unspecified atom stereocenters. The van der Waals surface area contributed by atoms with Crippen LogP contribution in [-0.4, -0.2) is 88.4 Å². The minimum atomic E-state index is -2.06. The fraction of sp³-hybridized carbons (Fsp3) is 0.578. The zero-order valence-electron chi connectivity index (χ0n) is 36.0. The molecule has 0 aromatic heterocycles. The van der Waals surface area contributed by atoms with Crippen LogP contribution in [0.1, 0.15) is 131 Å². The third-order valence-corrected chi connectivity index (χ3v) is 11.8. The number of rotatable bonds is 10. The van der Waals surface area contributed by atoms with Crippen LogP contribution < -0.4 is 15.4 Å². The molecular formula is C45H62N2O12. The summed E-state index contributed by atoms with van der Waals surface area (Å²) in [6.45, 7) is 14.8. The number of carbonyl (C=O) groups excluding carboxylic acids is 5. The first kappa shape index (κ1) is 46.9. The molecule has 9 atom stereocenters. The number of phenolic OH excluding ortho intramolecular Hbond substituents is 1. The van der Waals surface area contributed by atoms with Crippen LogP contribution in [0.2, 0.25) is 0 Å². The summed E-state index contributed by atoms with van der Waals surface area (Å²) in [5.41, 5.74) is -1.51. The number of fused-ring (bicyclic) bond motifs is 14. The van der Waals surface area contributed by atoms with Gasteiger partial charge in [-0.1, -0.05) is 85.0 Å². The molecule has 1 aromatic carbocycles. The highest BCUT2D eigenvalue weighted by Gasteiger charge is 2.52. The van der Waals surface area contributed by atoms with Crippen LogP contribution >= 0.6 is 0 Å². The Kier molecular flexibility index (Phi) is 15.9. The van der Waals surface area contributed by atoms with Gasteiger partial charge in [0.25, 0.3) is 11.7 Å². The van der Waals surface area contributed by atoms with E-state index in [2.05, 4.69) is 17.6 Å². The van der Waals surface area contributed by atoms with Crippen molar-refractivity contribution < 1.29 is 58.2 Å². The van der Waals surface area contributed by atoms with Crippen molar-refractivity contribution in [1.29, 1.82) is 0 Å². The Morgan fingerprint density at radius 1 is 0.898 bits per heavy atom. The smallest absolute Gasteiger partial charge is 0.312 e. The number of hydrogen-bond acceptors (Lipinski definition) is 13. The summed E-state index contributed by atoms with van der Waals surface area (Å²) in [6, 6.07) is 0. The molecule has 0 fully saturated rings. The minimum Gasteiger partial charge on any atom is -0.507 e. The monoisotopic (exact) mass is 822 g/mol. The Labute approximate surface area is 347 Å². The average molecular weight is 823 g/mol. The zero-order chi connectivity index (χ0) is 43.9. The quantitative estimate of drug-likeness (QED) is 0.138. The van der Waals surface area contributed by atoms with Crippen molar-refractivity contribution in [2.45, 2.75) is 131 Å². The van der Waals surface area contributed by atoms with E-state index in [1.165, 1.54) is 53.2 Å². The van der Waals surface area contributed by atoms with Crippen LogP contribution in [0.25, 0.3) is 0 Å². The Morgan fingerprint density at radius 2 is 1.56 bits per heavy atom. The van der Waals surface area contributed by atoms with E-state index in [0.29, 0.717) is 6.42 Å². The molecular weight excluding hydrogens is 760 g/mol. The van der Waals surface area contributed by atoms with E-state index >= 15 is 0 Å². The zero-order valence-corrected chi connectivity index (χ0v) is 36.0. The van der Waals surface area contributed by atoms with Gasteiger partial charge in [0.05, 0.1) is 41.3 Å². The van der Waals surface area contributed by atoms with Crippen LogP contribution in [0.5, 0.6) is 11.5 Å². The maximum absolute atomic E-state index is 14.6. The Morgan fingerprint density at radius 3 is 2.20 bits per heavy atom. The number of methoxy groups -OCH3 is 1. The van der Waals surface area contributed by atoms with Crippen LogP contribution in [-0.2, 0) is 23.8 Å². The molecule has 14 nitrogen and oxygen atoms in total. The first-order valence-electron chi connectivity index (χ1n) is 20.6. The van der Waals surface area contributed by atoms with Crippen molar-refractivity contribution in [2.75, 3.05) is 13.7 Å². The number of benzene rings is 1. The average Bonchev–Trinajstić information content (AvgIpc) is 3.46. The molecule has 4 aliphatic rings. The molecule has 14 heteroatoms. The summed E-state index contributed by atoms with van der Waals surface area (Å²) in [5, 5.41) is 40.0. The number of ketones is 3. The first-order valence-corrected chi connectivity index (χ1v) is 20.6. The summed E-state index contributed by atoms with van der Waals surface area (Å²) in [4.78, 5) is 69.3. The van der Waals surface area contributed by atoms with Crippen molar-refractivity contribution in [3.63, 3.8) is 0 Å². The van der Waals surface area contributed by atoms with E-state index < -0.39 is 94.4 Å². The molecule has 324 valence electrons. The van der Waals surface area contributed by atoms with Gasteiger partial charge in [-0.05, 0) is 26.3 Å².